The standard InChI is InChI=1S/C14H19N3O5/c1-21-12-8-10(2-3-11(12)17(19)20)16-9-14(13(15)18)4-6-22-7-5-14/h2-3,8,16H,4-7,9H2,1H3,(H2,15,18). The number of nitro groups is 1. The number of amides is 1. The number of benzene rings is 1. The normalized spacial score (nSPS) is 16.8. The smallest absolute Gasteiger partial charge is 0.311 e. The van der Waals surface area contributed by atoms with Crippen LogP contribution in [0.1, 0.15) is 12.8 Å². The number of ether oxygens (including phenoxy) is 2. The van der Waals surface area contributed by atoms with Crippen molar-refractivity contribution in [2.75, 3.05) is 32.2 Å². The van der Waals surface area contributed by atoms with Gasteiger partial charge in [-0.3, -0.25) is 14.9 Å². The van der Waals surface area contributed by atoms with Crippen LogP contribution in [-0.2, 0) is 9.53 Å². The van der Waals surface area contributed by atoms with E-state index in [-0.39, 0.29) is 17.3 Å². The van der Waals surface area contributed by atoms with Crippen molar-refractivity contribution in [2.45, 2.75) is 12.8 Å². The molecule has 0 saturated carbocycles. The average molecular weight is 309 g/mol. The maximum Gasteiger partial charge on any atom is 0.311 e. The van der Waals surface area contributed by atoms with E-state index in [1.807, 2.05) is 0 Å². The summed E-state index contributed by atoms with van der Waals surface area (Å²) < 4.78 is 10.3. The highest BCUT2D eigenvalue weighted by molar-refractivity contribution is 5.81. The molecule has 1 saturated heterocycles. The molecular weight excluding hydrogens is 290 g/mol. The van der Waals surface area contributed by atoms with E-state index >= 15 is 0 Å². The number of nitrogens with zero attached hydrogens (tertiary/aromatic N) is 1. The fourth-order valence-electron chi connectivity index (χ4n) is 2.48. The molecule has 0 spiro atoms. The summed E-state index contributed by atoms with van der Waals surface area (Å²) in [5, 5.41) is 14.0. The number of carbonyl (C=O) groups is 1. The van der Waals surface area contributed by atoms with Gasteiger partial charge in [-0.1, -0.05) is 0 Å². The van der Waals surface area contributed by atoms with Crippen molar-refractivity contribution in [2.24, 2.45) is 11.1 Å². The number of methoxy groups -OCH3 is 1. The van der Waals surface area contributed by atoms with Gasteiger partial charge >= 0.3 is 5.69 Å². The average Bonchev–Trinajstić information content (AvgIpc) is 2.53. The van der Waals surface area contributed by atoms with Gasteiger partial charge in [0.1, 0.15) is 0 Å². The highest BCUT2D eigenvalue weighted by atomic mass is 16.6. The van der Waals surface area contributed by atoms with Crippen molar-refractivity contribution in [3.8, 4) is 5.75 Å². The summed E-state index contributed by atoms with van der Waals surface area (Å²) in [6.07, 6.45) is 1.11. The zero-order chi connectivity index (χ0) is 16.2. The van der Waals surface area contributed by atoms with E-state index in [1.165, 1.54) is 19.2 Å². The predicted molar refractivity (Wildman–Crippen MR) is 79.8 cm³/mol. The topological polar surface area (TPSA) is 117 Å². The molecule has 22 heavy (non-hydrogen) atoms. The minimum atomic E-state index is -0.659. The Balaban J connectivity index is 2.13. The zero-order valence-corrected chi connectivity index (χ0v) is 12.3. The summed E-state index contributed by atoms with van der Waals surface area (Å²) in [6.45, 7) is 1.34. The molecule has 0 radical (unpaired) electrons. The van der Waals surface area contributed by atoms with E-state index < -0.39 is 10.3 Å². The number of nitrogens with one attached hydrogen (secondary N) is 1. The third-order valence-corrected chi connectivity index (χ3v) is 3.98. The van der Waals surface area contributed by atoms with E-state index in [9.17, 15) is 14.9 Å². The molecule has 1 amide bonds. The number of carbonyl (C=O) groups excluding carboxylic acids is 1. The Morgan fingerprint density at radius 2 is 2.18 bits per heavy atom. The molecule has 120 valence electrons. The van der Waals surface area contributed by atoms with Gasteiger partial charge < -0.3 is 20.5 Å². The van der Waals surface area contributed by atoms with Crippen molar-refractivity contribution >= 4 is 17.3 Å². The fraction of sp³-hybridized carbons (Fsp3) is 0.500. The lowest BCUT2D eigenvalue weighted by Crippen LogP contribution is -2.46. The van der Waals surface area contributed by atoms with Crippen LogP contribution in [0.3, 0.4) is 0 Å². The Labute approximate surface area is 127 Å². The molecule has 1 aromatic rings. The first-order chi connectivity index (χ1) is 10.5. The van der Waals surface area contributed by atoms with Crippen LogP contribution in [0.2, 0.25) is 0 Å². The van der Waals surface area contributed by atoms with Crippen molar-refractivity contribution in [3.05, 3.63) is 28.3 Å². The molecule has 0 atom stereocenters. The van der Waals surface area contributed by atoms with Gasteiger partial charge in [0.15, 0.2) is 5.75 Å². The zero-order valence-electron chi connectivity index (χ0n) is 12.3. The van der Waals surface area contributed by atoms with Crippen LogP contribution < -0.4 is 15.8 Å². The van der Waals surface area contributed by atoms with Crippen LogP contribution >= 0.6 is 0 Å². The first-order valence-corrected chi connectivity index (χ1v) is 6.92. The summed E-state index contributed by atoms with van der Waals surface area (Å²) >= 11 is 0. The Kier molecular flexibility index (Phi) is 4.81. The highest BCUT2D eigenvalue weighted by Gasteiger charge is 2.38. The second kappa shape index (κ2) is 6.61. The summed E-state index contributed by atoms with van der Waals surface area (Å²) in [5.41, 5.74) is 5.40. The number of anilines is 1. The monoisotopic (exact) mass is 309 g/mol. The van der Waals surface area contributed by atoms with Gasteiger partial charge in [-0.15, -0.1) is 0 Å². The highest BCUT2D eigenvalue weighted by Crippen LogP contribution is 2.33. The van der Waals surface area contributed by atoms with Gasteiger partial charge in [-0.05, 0) is 18.9 Å². The van der Waals surface area contributed by atoms with Gasteiger partial charge in [-0.25, -0.2) is 0 Å². The quantitative estimate of drug-likeness (QED) is 0.604. The number of hydrogen-bond acceptors (Lipinski definition) is 6. The molecule has 1 fully saturated rings. The van der Waals surface area contributed by atoms with Crippen LogP contribution in [0.25, 0.3) is 0 Å². The van der Waals surface area contributed by atoms with Gasteiger partial charge in [0.25, 0.3) is 0 Å². The van der Waals surface area contributed by atoms with Crippen molar-refractivity contribution in [1.29, 1.82) is 0 Å². The molecule has 1 heterocycles. The minimum absolute atomic E-state index is 0.108. The first-order valence-electron chi connectivity index (χ1n) is 6.92. The lowest BCUT2D eigenvalue weighted by molar-refractivity contribution is -0.385. The predicted octanol–water partition coefficient (Wildman–Crippen LogP) is 1.30. The van der Waals surface area contributed by atoms with E-state index in [2.05, 4.69) is 5.32 Å². The molecule has 8 heteroatoms. The molecule has 1 aliphatic rings. The Morgan fingerprint density at radius 3 is 2.73 bits per heavy atom. The third-order valence-electron chi connectivity index (χ3n) is 3.98. The van der Waals surface area contributed by atoms with Gasteiger partial charge in [0.2, 0.25) is 5.91 Å². The maximum atomic E-state index is 11.8. The third kappa shape index (κ3) is 3.28. The van der Waals surface area contributed by atoms with Crippen molar-refractivity contribution < 1.29 is 19.2 Å². The maximum absolute atomic E-state index is 11.8. The fourth-order valence-corrected chi connectivity index (χ4v) is 2.48. The van der Waals surface area contributed by atoms with Crippen LogP contribution in [0, 0.1) is 15.5 Å². The Hall–Kier alpha value is -2.35. The number of hydrogen-bond donors (Lipinski definition) is 2. The van der Waals surface area contributed by atoms with Gasteiger partial charge in [-0.2, -0.15) is 0 Å². The molecule has 8 nitrogen and oxygen atoms in total. The number of nitrogens with two attached hydrogens (primary N) is 1. The summed E-state index contributed by atoms with van der Waals surface area (Å²) in [7, 11) is 1.37. The van der Waals surface area contributed by atoms with Crippen LogP contribution in [0.5, 0.6) is 5.75 Å². The molecular formula is C14H19N3O5. The van der Waals surface area contributed by atoms with E-state index in [0.717, 1.165) is 0 Å². The summed E-state index contributed by atoms with van der Waals surface area (Å²) in [6, 6.07) is 4.48. The molecule has 0 aliphatic carbocycles. The molecule has 2 rings (SSSR count). The lowest BCUT2D eigenvalue weighted by atomic mass is 9.79. The molecule has 0 unspecified atom stereocenters. The first kappa shape index (κ1) is 16.0. The van der Waals surface area contributed by atoms with Crippen molar-refractivity contribution in [3.63, 3.8) is 0 Å². The summed E-state index contributed by atoms with van der Waals surface area (Å²) in [5.74, 6) is -0.202. The molecule has 3 N–H and O–H groups in total. The lowest BCUT2D eigenvalue weighted by Gasteiger charge is -2.34. The second-order valence-electron chi connectivity index (χ2n) is 5.25. The molecule has 1 aliphatic heterocycles. The van der Waals surface area contributed by atoms with E-state index in [0.29, 0.717) is 38.3 Å². The van der Waals surface area contributed by atoms with E-state index in [1.54, 1.807) is 6.07 Å². The van der Waals surface area contributed by atoms with Crippen LogP contribution in [0.4, 0.5) is 11.4 Å². The van der Waals surface area contributed by atoms with Gasteiger partial charge in [0, 0.05) is 37.6 Å². The second-order valence-corrected chi connectivity index (χ2v) is 5.25. The van der Waals surface area contributed by atoms with Gasteiger partial charge in [0.05, 0.1) is 17.4 Å². The van der Waals surface area contributed by atoms with Crippen LogP contribution in [-0.4, -0.2) is 37.7 Å². The van der Waals surface area contributed by atoms with E-state index in [4.69, 9.17) is 15.2 Å². The number of rotatable bonds is 6. The molecule has 0 bridgehead atoms. The number of primary amides is 1. The Bertz CT molecular complexity index is 570. The minimum Gasteiger partial charge on any atom is -0.490 e. The van der Waals surface area contributed by atoms with Crippen molar-refractivity contribution in [1.82, 2.24) is 0 Å². The largest absolute Gasteiger partial charge is 0.490 e. The Morgan fingerprint density at radius 1 is 1.50 bits per heavy atom. The molecule has 0 aromatic heterocycles. The summed E-state index contributed by atoms with van der Waals surface area (Å²) in [4.78, 5) is 22.1. The SMILES string of the molecule is COc1cc(NCC2(C(N)=O)CCOCC2)ccc1[N+](=O)[O-]. The number of nitro benzene ring substituents is 1. The molecule has 1 aromatic carbocycles. The van der Waals surface area contributed by atoms with Crippen LogP contribution in [0.15, 0.2) is 18.2 Å².